The maximum Gasteiger partial charge on any atom is 1.00 e. The van der Waals surface area contributed by atoms with Gasteiger partial charge >= 0.3 is 37.7 Å². The first kappa shape index (κ1) is 52.5. The molecule has 0 aromatic carbocycles. The molecule has 0 N–H and O–H groups in total. The van der Waals surface area contributed by atoms with Crippen molar-refractivity contribution < 1.29 is 37.7 Å². The Morgan fingerprint density at radius 3 is 0.600 bits per heavy atom. The van der Waals surface area contributed by atoms with Crippen molar-refractivity contribution in [1.82, 2.24) is 0 Å². The Balaban J connectivity index is 0. The van der Waals surface area contributed by atoms with E-state index < -0.39 is 0 Å². The van der Waals surface area contributed by atoms with Crippen LogP contribution in [-0.2, 0) is 13.5 Å². The van der Waals surface area contributed by atoms with E-state index in [9.17, 15) is 0 Å². The summed E-state index contributed by atoms with van der Waals surface area (Å²) in [4.78, 5) is 0. The predicted octanol–water partition coefficient (Wildman–Crippen LogP) is -5.88. The molecule has 0 heterocycles. The fraction of sp³-hybridized carbons (Fsp3) is 0. The molecular formula is H6Li2P2S. The van der Waals surface area contributed by atoms with Crippen molar-refractivity contribution in [2.45, 2.75) is 0 Å². The van der Waals surface area contributed by atoms with Gasteiger partial charge in [-0.1, -0.05) is 0 Å². The monoisotopic (exact) mass is 114 g/mol. The summed E-state index contributed by atoms with van der Waals surface area (Å²) in [6, 6.07) is 0. The minimum absolute atomic E-state index is 0. The third-order valence-electron chi connectivity index (χ3n) is 0. The van der Waals surface area contributed by atoms with Gasteiger partial charge < -0.3 is 13.5 Å². The van der Waals surface area contributed by atoms with Gasteiger partial charge in [-0.25, -0.2) is 0 Å². The normalized spacial score (nSPS) is 0. The quantitative estimate of drug-likeness (QED) is 0.217. The maximum atomic E-state index is 0. The largest absolute Gasteiger partial charge is 2.00 e. The number of rotatable bonds is 0. The van der Waals surface area contributed by atoms with Crippen molar-refractivity contribution in [3.63, 3.8) is 0 Å². The summed E-state index contributed by atoms with van der Waals surface area (Å²) in [5.41, 5.74) is 0. The summed E-state index contributed by atoms with van der Waals surface area (Å²) < 4.78 is 0. The summed E-state index contributed by atoms with van der Waals surface area (Å²) in [6.45, 7) is 0. The molecule has 0 aliphatic heterocycles. The Hall–Kier alpha value is 2.40. The maximum absolute atomic E-state index is 0. The molecule has 0 saturated heterocycles. The molecule has 5 heteroatoms. The fourth-order valence-electron chi connectivity index (χ4n) is 0. The SMILES string of the molecule is P.P.[Li+].[Li+].[S-2]. The van der Waals surface area contributed by atoms with Crippen molar-refractivity contribution >= 4 is 33.3 Å². The first-order chi connectivity index (χ1) is 0. The van der Waals surface area contributed by atoms with Gasteiger partial charge in [-0.2, -0.15) is 19.8 Å². The average Bonchev–Trinajstić information content (AvgIpc) is 0. The van der Waals surface area contributed by atoms with Gasteiger partial charge in [-0.05, 0) is 0 Å². The van der Waals surface area contributed by atoms with E-state index in [1.165, 1.54) is 0 Å². The van der Waals surface area contributed by atoms with Crippen LogP contribution >= 0.6 is 19.8 Å². The molecule has 0 aromatic rings. The third-order valence-corrected chi connectivity index (χ3v) is 0. The molecule has 0 bridgehead atoms. The molecule has 5 heavy (non-hydrogen) atoms. The molecule has 0 aliphatic rings. The molecule has 2 atom stereocenters. The van der Waals surface area contributed by atoms with Crippen molar-refractivity contribution in [3.05, 3.63) is 0 Å². The number of hydrogen-bond acceptors (Lipinski definition) is 0. The van der Waals surface area contributed by atoms with Crippen LogP contribution in [0.2, 0.25) is 0 Å². The molecule has 0 spiro atoms. The van der Waals surface area contributed by atoms with E-state index in [1.54, 1.807) is 0 Å². The topological polar surface area (TPSA) is 0 Å². The Kier molecular flexibility index (Phi) is 340. The smallest absolute Gasteiger partial charge is 1.00 e. The van der Waals surface area contributed by atoms with E-state index in [0.29, 0.717) is 0 Å². The molecule has 0 aliphatic carbocycles. The summed E-state index contributed by atoms with van der Waals surface area (Å²) in [7, 11) is 0. The van der Waals surface area contributed by atoms with E-state index in [-0.39, 0.29) is 71.0 Å². The van der Waals surface area contributed by atoms with Crippen molar-refractivity contribution in [2.24, 2.45) is 0 Å². The molecule has 0 aromatic heterocycles. The summed E-state index contributed by atoms with van der Waals surface area (Å²) >= 11 is 0. The van der Waals surface area contributed by atoms with Crippen LogP contribution in [0.15, 0.2) is 0 Å². The van der Waals surface area contributed by atoms with Crippen LogP contribution in [0.5, 0.6) is 0 Å². The van der Waals surface area contributed by atoms with E-state index in [0.717, 1.165) is 0 Å². The minimum Gasteiger partial charge on any atom is -2.00 e. The van der Waals surface area contributed by atoms with Crippen LogP contribution in [0.4, 0.5) is 0 Å². The van der Waals surface area contributed by atoms with Gasteiger partial charge in [-0.3, -0.25) is 0 Å². The van der Waals surface area contributed by atoms with Gasteiger partial charge in [0.1, 0.15) is 0 Å². The molecule has 0 nitrogen and oxygen atoms in total. The van der Waals surface area contributed by atoms with Gasteiger partial charge in [0.25, 0.3) is 0 Å². The van der Waals surface area contributed by atoms with Gasteiger partial charge in [0.15, 0.2) is 0 Å². The zero-order valence-electron chi connectivity index (χ0n) is 3.82. The second kappa shape index (κ2) is 32.4. The van der Waals surface area contributed by atoms with Crippen LogP contribution in [0.1, 0.15) is 0 Å². The summed E-state index contributed by atoms with van der Waals surface area (Å²) in [5.74, 6) is 0. The third kappa shape index (κ3) is 21.5. The first-order valence-corrected chi connectivity index (χ1v) is 0. The average molecular weight is 114 g/mol. The molecule has 0 amide bonds. The molecule has 0 saturated carbocycles. The van der Waals surface area contributed by atoms with Crippen molar-refractivity contribution in [1.29, 1.82) is 0 Å². The van der Waals surface area contributed by atoms with E-state index in [2.05, 4.69) is 0 Å². The zero-order chi connectivity index (χ0) is 0. The summed E-state index contributed by atoms with van der Waals surface area (Å²) in [5, 5.41) is 0. The Morgan fingerprint density at radius 2 is 0.600 bits per heavy atom. The van der Waals surface area contributed by atoms with Gasteiger partial charge in [-0.15, -0.1) is 0 Å². The Morgan fingerprint density at radius 1 is 0.600 bits per heavy atom. The van der Waals surface area contributed by atoms with E-state index in [4.69, 9.17) is 0 Å². The minimum atomic E-state index is 0. The molecule has 2 unspecified atom stereocenters. The Bertz CT molecular complexity index is 7.61. The van der Waals surface area contributed by atoms with Gasteiger partial charge in [0.2, 0.25) is 0 Å². The molecule has 24 valence electrons. The first-order valence-electron chi connectivity index (χ1n) is 0. The summed E-state index contributed by atoms with van der Waals surface area (Å²) in [6.07, 6.45) is 0. The standard InChI is InChI=1S/2Li.2H3P.S/h;;2*1H3;/q2*+1;;;-2. The number of hydrogen-bond donors (Lipinski definition) is 0. The van der Waals surface area contributed by atoms with Gasteiger partial charge in [0.05, 0.1) is 0 Å². The van der Waals surface area contributed by atoms with Crippen LogP contribution in [0.3, 0.4) is 0 Å². The molecule has 0 radical (unpaired) electrons. The zero-order valence-corrected chi connectivity index (χ0v) is 7.47. The fourth-order valence-corrected chi connectivity index (χ4v) is 0. The van der Waals surface area contributed by atoms with Gasteiger partial charge in [0, 0.05) is 0 Å². The second-order valence-electron chi connectivity index (χ2n) is 0. The van der Waals surface area contributed by atoms with E-state index in [1.807, 2.05) is 0 Å². The van der Waals surface area contributed by atoms with Crippen LogP contribution < -0.4 is 37.7 Å². The van der Waals surface area contributed by atoms with Crippen molar-refractivity contribution in [2.75, 3.05) is 0 Å². The van der Waals surface area contributed by atoms with Crippen LogP contribution in [0.25, 0.3) is 0 Å². The molecule has 0 fully saturated rings. The van der Waals surface area contributed by atoms with Crippen LogP contribution in [0, 0.1) is 0 Å². The Labute approximate surface area is 70.7 Å². The van der Waals surface area contributed by atoms with E-state index >= 15 is 0 Å². The second-order valence-corrected chi connectivity index (χ2v) is 0. The molecule has 0 rings (SSSR count). The predicted molar refractivity (Wildman–Crippen MR) is 29.6 cm³/mol. The van der Waals surface area contributed by atoms with Crippen molar-refractivity contribution in [3.8, 4) is 0 Å². The van der Waals surface area contributed by atoms with Crippen LogP contribution in [-0.4, -0.2) is 0 Å². The molecular weight excluding hydrogens is 108 g/mol.